The molecule has 0 fully saturated rings. The van der Waals surface area contributed by atoms with Crippen LogP contribution in [0.5, 0.6) is 0 Å². The Morgan fingerprint density at radius 1 is 1.00 bits per heavy atom. The van der Waals surface area contributed by atoms with Gasteiger partial charge in [0.25, 0.3) is 0 Å². The van der Waals surface area contributed by atoms with E-state index >= 15 is 0 Å². The van der Waals surface area contributed by atoms with Crippen molar-refractivity contribution in [3.8, 4) is 0 Å². The molecule has 1 aliphatic rings. The molecule has 0 saturated carbocycles. The Kier molecular flexibility index (Phi) is 8.90. The molecule has 0 aliphatic heterocycles. The molecule has 0 bridgehead atoms. The van der Waals surface area contributed by atoms with Gasteiger partial charge in [-0.2, -0.15) is 0 Å². The SMILES string of the molecule is O=C(NCCC1=CCCCC1)C(=O)NCCC(CCO)c1ccccc1. The maximum absolute atomic E-state index is 11.9. The van der Waals surface area contributed by atoms with Crippen molar-refractivity contribution < 1.29 is 14.7 Å². The maximum Gasteiger partial charge on any atom is 0.309 e. The van der Waals surface area contributed by atoms with Crippen LogP contribution in [0.15, 0.2) is 42.0 Å². The summed E-state index contributed by atoms with van der Waals surface area (Å²) in [7, 11) is 0. The summed E-state index contributed by atoms with van der Waals surface area (Å²) in [6.07, 6.45) is 9.10. The Bertz CT molecular complexity index is 599. The standard InChI is InChI=1S/C21H30N2O3/c24-16-13-19(18-9-5-2-6-10-18)12-15-23-21(26)20(25)22-14-11-17-7-3-1-4-8-17/h2,5-7,9-10,19,24H,1,3-4,8,11-16H2,(H,22,25)(H,23,26). The van der Waals surface area contributed by atoms with Crippen molar-refractivity contribution in [2.75, 3.05) is 19.7 Å². The molecule has 0 radical (unpaired) electrons. The van der Waals surface area contributed by atoms with Gasteiger partial charge in [0.1, 0.15) is 0 Å². The second-order valence-electron chi connectivity index (χ2n) is 6.78. The van der Waals surface area contributed by atoms with Crippen molar-refractivity contribution in [3.63, 3.8) is 0 Å². The van der Waals surface area contributed by atoms with E-state index in [1.165, 1.54) is 18.4 Å². The number of hydrogen-bond donors (Lipinski definition) is 3. The molecule has 5 heteroatoms. The first kappa shape index (κ1) is 20.2. The van der Waals surface area contributed by atoms with Crippen molar-refractivity contribution in [3.05, 3.63) is 47.5 Å². The molecule has 3 N–H and O–H groups in total. The lowest BCUT2D eigenvalue weighted by atomic mass is 9.93. The monoisotopic (exact) mass is 358 g/mol. The molecule has 142 valence electrons. The van der Waals surface area contributed by atoms with Crippen LogP contribution in [0.4, 0.5) is 0 Å². The molecule has 0 aromatic heterocycles. The quantitative estimate of drug-likeness (QED) is 0.469. The highest BCUT2D eigenvalue weighted by Gasteiger charge is 2.15. The van der Waals surface area contributed by atoms with Crippen LogP contribution in [0.2, 0.25) is 0 Å². The third kappa shape index (κ3) is 7.00. The van der Waals surface area contributed by atoms with E-state index in [1.54, 1.807) is 0 Å². The van der Waals surface area contributed by atoms with Crippen LogP contribution in [0.3, 0.4) is 0 Å². The fourth-order valence-electron chi connectivity index (χ4n) is 3.35. The zero-order valence-electron chi connectivity index (χ0n) is 15.4. The number of nitrogens with one attached hydrogen (secondary N) is 2. The Labute approximate surface area is 155 Å². The molecule has 5 nitrogen and oxygen atoms in total. The number of benzene rings is 1. The zero-order valence-corrected chi connectivity index (χ0v) is 15.4. The molecule has 2 amide bonds. The normalized spacial score (nSPS) is 15.0. The second kappa shape index (κ2) is 11.5. The molecule has 1 unspecified atom stereocenters. The largest absolute Gasteiger partial charge is 0.396 e. The summed E-state index contributed by atoms with van der Waals surface area (Å²) in [6, 6.07) is 9.93. The number of aliphatic hydroxyl groups is 1. The van der Waals surface area contributed by atoms with E-state index in [1.807, 2.05) is 30.3 Å². The van der Waals surface area contributed by atoms with Gasteiger partial charge < -0.3 is 15.7 Å². The van der Waals surface area contributed by atoms with Gasteiger partial charge in [-0.1, -0.05) is 42.0 Å². The molecule has 1 aromatic rings. The lowest BCUT2D eigenvalue weighted by Gasteiger charge is -2.16. The molecule has 0 heterocycles. The first-order valence-corrected chi connectivity index (χ1v) is 9.60. The molecule has 2 rings (SSSR count). The Hall–Kier alpha value is -2.14. The third-order valence-electron chi connectivity index (χ3n) is 4.85. The van der Waals surface area contributed by atoms with Gasteiger partial charge in [0, 0.05) is 19.7 Å². The first-order chi connectivity index (χ1) is 12.7. The minimum Gasteiger partial charge on any atom is -0.396 e. The summed E-state index contributed by atoms with van der Waals surface area (Å²) < 4.78 is 0. The number of carbonyl (C=O) groups is 2. The fourth-order valence-corrected chi connectivity index (χ4v) is 3.35. The molecular weight excluding hydrogens is 328 g/mol. The summed E-state index contributed by atoms with van der Waals surface area (Å²) in [5.41, 5.74) is 2.52. The van der Waals surface area contributed by atoms with Gasteiger partial charge in [-0.25, -0.2) is 0 Å². The maximum atomic E-state index is 11.9. The summed E-state index contributed by atoms with van der Waals surface area (Å²) in [5.74, 6) is -0.985. The van der Waals surface area contributed by atoms with Crippen molar-refractivity contribution >= 4 is 11.8 Å². The van der Waals surface area contributed by atoms with E-state index in [0.717, 1.165) is 24.8 Å². The van der Waals surface area contributed by atoms with E-state index in [4.69, 9.17) is 0 Å². The second-order valence-corrected chi connectivity index (χ2v) is 6.78. The van der Waals surface area contributed by atoms with Crippen LogP contribution in [-0.4, -0.2) is 36.6 Å². The van der Waals surface area contributed by atoms with Gasteiger partial charge in [0.05, 0.1) is 0 Å². The van der Waals surface area contributed by atoms with Gasteiger partial charge >= 0.3 is 11.8 Å². The highest BCUT2D eigenvalue weighted by Crippen LogP contribution is 2.22. The van der Waals surface area contributed by atoms with Crippen LogP contribution in [0, 0.1) is 0 Å². The number of amides is 2. The van der Waals surface area contributed by atoms with E-state index in [2.05, 4.69) is 16.7 Å². The number of allylic oxidation sites excluding steroid dienone is 1. The predicted molar refractivity (Wildman–Crippen MR) is 103 cm³/mol. The minimum absolute atomic E-state index is 0.101. The van der Waals surface area contributed by atoms with Crippen LogP contribution in [0.25, 0.3) is 0 Å². The molecule has 1 aliphatic carbocycles. The van der Waals surface area contributed by atoms with Crippen molar-refractivity contribution in [2.45, 2.75) is 50.9 Å². The smallest absolute Gasteiger partial charge is 0.309 e. The van der Waals surface area contributed by atoms with Gasteiger partial charge in [-0.05, 0) is 56.4 Å². The zero-order chi connectivity index (χ0) is 18.6. The summed E-state index contributed by atoms with van der Waals surface area (Å²) >= 11 is 0. The average molecular weight is 358 g/mol. The van der Waals surface area contributed by atoms with Crippen molar-refractivity contribution in [1.82, 2.24) is 10.6 Å². The van der Waals surface area contributed by atoms with Crippen molar-refractivity contribution in [2.24, 2.45) is 0 Å². The Balaban J connectivity index is 1.67. The molecule has 1 aromatic carbocycles. The topological polar surface area (TPSA) is 78.4 Å². The minimum atomic E-state index is -0.585. The van der Waals surface area contributed by atoms with Gasteiger partial charge in [-0.3, -0.25) is 9.59 Å². The molecule has 0 saturated heterocycles. The predicted octanol–water partition coefficient (Wildman–Crippen LogP) is 2.67. The van der Waals surface area contributed by atoms with Crippen LogP contribution >= 0.6 is 0 Å². The highest BCUT2D eigenvalue weighted by molar-refractivity contribution is 6.35. The van der Waals surface area contributed by atoms with Crippen LogP contribution < -0.4 is 10.6 Å². The summed E-state index contributed by atoms with van der Waals surface area (Å²) in [6.45, 7) is 1.02. The molecule has 0 spiro atoms. The number of rotatable bonds is 9. The summed E-state index contributed by atoms with van der Waals surface area (Å²) in [5, 5.41) is 14.6. The number of hydrogen-bond acceptors (Lipinski definition) is 3. The Morgan fingerprint density at radius 2 is 1.73 bits per heavy atom. The Morgan fingerprint density at radius 3 is 2.38 bits per heavy atom. The van der Waals surface area contributed by atoms with E-state index in [0.29, 0.717) is 25.9 Å². The average Bonchev–Trinajstić information content (AvgIpc) is 2.68. The molecule has 1 atom stereocenters. The van der Waals surface area contributed by atoms with Gasteiger partial charge in [-0.15, -0.1) is 0 Å². The first-order valence-electron chi connectivity index (χ1n) is 9.60. The van der Waals surface area contributed by atoms with E-state index in [9.17, 15) is 14.7 Å². The van der Waals surface area contributed by atoms with E-state index < -0.39 is 11.8 Å². The summed E-state index contributed by atoms with van der Waals surface area (Å²) in [4.78, 5) is 23.8. The van der Waals surface area contributed by atoms with Crippen LogP contribution in [0.1, 0.15) is 56.4 Å². The van der Waals surface area contributed by atoms with E-state index in [-0.39, 0.29) is 12.5 Å². The third-order valence-corrected chi connectivity index (χ3v) is 4.85. The lowest BCUT2D eigenvalue weighted by molar-refractivity contribution is -0.139. The van der Waals surface area contributed by atoms with Crippen LogP contribution in [-0.2, 0) is 9.59 Å². The highest BCUT2D eigenvalue weighted by atomic mass is 16.3. The molecular formula is C21H30N2O3. The number of aliphatic hydroxyl groups excluding tert-OH is 1. The van der Waals surface area contributed by atoms with Gasteiger partial charge in [0.15, 0.2) is 0 Å². The van der Waals surface area contributed by atoms with Crippen molar-refractivity contribution in [1.29, 1.82) is 0 Å². The number of carbonyl (C=O) groups excluding carboxylic acids is 2. The molecule has 26 heavy (non-hydrogen) atoms. The van der Waals surface area contributed by atoms with Gasteiger partial charge in [0.2, 0.25) is 0 Å². The lowest BCUT2D eigenvalue weighted by Crippen LogP contribution is -2.41. The fraction of sp³-hybridized carbons (Fsp3) is 0.524.